The number of hydrogen-bond acceptors (Lipinski definition) is 2. The van der Waals surface area contributed by atoms with E-state index in [0.717, 1.165) is 21.9 Å². The Bertz CT molecular complexity index is 606. The first-order valence-electron chi connectivity index (χ1n) is 5.49. The van der Waals surface area contributed by atoms with E-state index < -0.39 is 0 Å². The van der Waals surface area contributed by atoms with Gasteiger partial charge >= 0.3 is 0 Å². The lowest BCUT2D eigenvalue weighted by Crippen LogP contribution is -2.26. The summed E-state index contributed by atoms with van der Waals surface area (Å²) in [5, 5.41) is 2.21. The predicted molar refractivity (Wildman–Crippen MR) is 71.9 cm³/mol. The van der Waals surface area contributed by atoms with Crippen molar-refractivity contribution in [3.8, 4) is 0 Å². The summed E-state index contributed by atoms with van der Waals surface area (Å²) in [4.78, 5) is 12.0. The number of Topliss-reactive ketones (excluding diaryl/α,β-unsaturated/α-hetero) is 1. The summed E-state index contributed by atoms with van der Waals surface area (Å²) in [5.74, 6) is 0.0891. The number of carbonyl (C=O) groups is 1. The van der Waals surface area contributed by atoms with Crippen LogP contribution in [0.5, 0.6) is 0 Å². The Hall–Kier alpha value is -1.38. The van der Waals surface area contributed by atoms with E-state index in [4.69, 9.17) is 5.73 Å². The number of benzene rings is 2. The molecule has 0 aliphatic heterocycles. The summed E-state index contributed by atoms with van der Waals surface area (Å²) in [7, 11) is 0. The second-order valence-corrected chi connectivity index (χ2v) is 4.45. The van der Waals surface area contributed by atoms with Crippen molar-refractivity contribution >= 4 is 29.0 Å². The van der Waals surface area contributed by atoms with Crippen LogP contribution < -0.4 is 5.73 Å². The van der Waals surface area contributed by atoms with Crippen LogP contribution in [-0.4, -0.2) is 11.8 Å². The smallest absolute Gasteiger partial charge is 0.180 e. The number of fused-ring (bicyclic) bond motifs is 3. The molecule has 0 radical (unpaired) electrons. The quantitative estimate of drug-likeness (QED) is 0.778. The van der Waals surface area contributed by atoms with Gasteiger partial charge in [0, 0.05) is 5.56 Å². The lowest BCUT2D eigenvalue weighted by Gasteiger charge is -2.07. The number of hydrogen-bond donors (Lipinski definition) is 1. The Kier molecular flexibility index (Phi) is 2.94. The van der Waals surface area contributed by atoms with Gasteiger partial charge < -0.3 is 5.73 Å². The van der Waals surface area contributed by atoms with Crippen LogP contribution in [0.1, 0.15) is 21.5 Å². The van der Waals surface area contributed by atoms with Gasteiger partial charge in [0.2, 0.25) is 0 Å². The van der Waals surface area contributed by atoms with Crippen molar-refractivity contribution in [3.05, 3.63) is 47.0 Å². The van der Waals surface area contributed by atoms with Crippen molar-refractivity contribution in [1.29, 1.82) is 0 Å². The van der Waals surface area contributed by atoms with E-state index in [9.17, 15) is 4.79 Å². The molecular formula is C14H14ClNO. The highest BCUT2D eigenvalue weighted by atomic mass is 35.5. The molecule has 0 fully saturated rings. The van der Waals surface area contributed by atoms with Crippen molar-refractivity contribution in [2.75, 3.05) is 0 Å². The average molecular weight is 248 g/mol. The second kappa shape index (κ2) is 4.13. The van der Waals surface area contributed by atoms with Gasteiger partial charge in [0.25, 0.3) is 0 Å². The molecular weight excluding hydrogens is 234 g/mol. The number of rotatable bonds is 0. The van der Waals surface area contributed by atoms with E-state index in [1.807, 2.05) is 18.2 Å². The lowest BCUT2D eigenvalue weighted by molar-refractivity contribution is 0.0976. The van der Waals surface area contributed by atoms with E-state index in [1.54, 1.807) is 0 Å². The standard InChI is InChI=1S/C14H13NO.ClH/c1-8-6-9-7-12(15)14(16)13(9)11-5-3-2-4-10(8)11;/h2-6,12H,7,15H2,1H3;1H. The van der Waals surface area contributed by atoms with Gasteiger partial charge in [-0.3, -0.25) is 4.79 Å². The molecule has 0 saturated carbocycles. The van der Waals surface area contributed by atoms with E-state index in [-0.39, 0.29) is 24.2 Å². The van der Waals surface area contributed by atoms with Gasteiger partial charge in [0.1, 0.15) is 0 Å². The van der Waals surface area contributed by atoms with Crippen LogP contribution in [0.2, 0.25) is 0 Å². The van der Waals surface area contributed by atoms with Crippen LogP contribution in [0.15, 0.2) is 30.3 Å². The third-order valence-electron chi connectivity index (χ3n) is 3.36. The average Bonchev–Trinajstić information content (AvgIpc) is 2.55. The molecule has 2 N–H and O–H groups in total. The molecule has 0 saturated heterocycles. The van der Waals surface area contributed by atoms with Crippen molar-refractivity contribution in [2.24, 2.45) is 5.73 Å². The zero-order valence-corrected chi connectivity index (χ0v) is 10.4. The van der Waals surface area contributed by atoms with Gasteiger partial charge in [-0.25, -0.2) is 0 Å². The van der Waals surface area contributed by atoms with Gasteiger partial charge in [0.15, 0.2) is 5.78 Å². The Balaban J connectivity index is 0.00000108. The van der Waals surface area contributed by atoms with Crippen LogP contribution in [-0.2, 0) is 6.42 Å². The zero-order valence-electron chi connectivity index (χ0n) is 9.57. The van der Waals surface area contributed by atoms with Crippen LogP contribution >= 0.6 is 12.4 Å². The van der Waals surface area contributed by atoms with Gasteiger partial charge in [-0.05, 0) is 35.2 Å². The first kappa shape index (κ1) is 12.1. The maximum atomic E-state index is 12.0. The molecule has 1 atom stereocenters. The van der Waals surface area contributed by atoms with Gasteiger partial charge in [-0.15, -0.1) is 12.4 Å². The topological polar surface area (TPSA) is 43.1 Å². The monoisotopic (exact) mass is 247 g/mol. The van der Waals surface area contributed by atoms with Gasteiger partial charge in [-0.2, -0.15) is 0 Å². The molecule has 0 aromatic heterocycles. The summed E-state index contributed by atoms with van der Waals surface area (Å²) >= 11 is 0. The third kappa shape index (κ3) is 1.65. The van der Waals surface area contributed by atoms with E-state index in [1.165, 1.54) is 5.56 Å². The highest BCUT2D eigenvalue weighted by Crippen LogP contribution is 2.31. The van der Waals surface area contributed by atoms with Crippen LogP contribution in [0.3, 0.4) is 0 Å². The molecule has 1 unspecified atom stereocenters. The molecule has 0 heterocycles. The lowest BCUT2D eigenvalue weighted by atomic mass is 9.97. The summed E-state index contributed by atoms with van der Waals surface area (Å²) in [6, 6.07) is 9.79. The zero-order chi connectivity index (χ0) is 11.3. The van der Waals surface area contributed by atoms with Crippen molar-refractivity contribution in [3.63, 3.8) is 0 Å². The van der Waals surface area contributed by atoms with Crippen LogP contribution in [0.25, 0.3) is 10.8 Å². The van der Waals surface area contributed by atoms with E-state index in [0.29, 0.717) is 6.42 Å². The molecule has 3 heteroatoms. The van der Waals surface area contributed by atoms with Crippen molar-refractivity contribution < 1.29 is 4.79 Å². The van der Waals surface area contributed by atoms with Crippen LogP contribution in [0, 0.1) is 6.92 Å². The number of carbonyl (C=O) groups excluding carboxylic acids is 1. The molecule has 2 aromatic rings. The summed E-state index contributed by atoms with van der Waals surface area (Å²) in [6.07, 6.45) is 0.680. The predicted octanol–water partition coefficient (Wildman–Crippen LogP) is 2.64. The molecule has 2 aromatic carbocycles. The fourth-order valence-corrected chi connectivity index (χ4v) is 2.60. The van der Waals surface area contributed by atoms with Crippen molar-refractivity contribution in [2.45, 2.75) is 19.4 Å². The summed E-state index contributed by atoms with van der Waals surface area (Å²) in [6.45, 7) is 2.08. The Morgan fingerprint density at radius 1 is 1.24 bits per heavy atom. The van der Waals surface area contributed by atoms with Gasteiger partial charge in [0.05, 0.1) is 6.04 Å². The summed E-state index contributed by atoms with van der Waals surface area (Å²) in [5.41, 5.74) is 8.99. The Morgan fingerprint density at radius 2 is 1.88 bits per heavy atom. The highest BCUT2D eigenvalue weighted by molar-refractivity contribution is 6.14. The Labute approximate surface area is 106 Å². The fourth-order valence-electron chi connectivity index (χ4n) is 2.60. The molecule has 1 aliphatic rings. The molecule has 2 nitrogen and oxygen atoms in total. The second-order valence-electron chi connectivity index (χ2n) is 4.45. The largest absolute Gasteiger partial charge is 0.321 e. The molecule has 1 aliphatic carbocycles. The molecule has 88 valence electrons. The molecule has 0 amide bonds. The fraction of sp³-hybridized carbons (Fsp3) is 0.214. The SMILES string of the molecule is Cc1cc2c(c3ccccc13)C(=O)C(N)C2.Cl. The van der Waals surface area contributed by atoms with E-state index in [2.05, 4.69) is 19.1 Å². The Morgan fingerprint density at radius 3 is 2.59 bits per heavy atom. The molecule has 0 bridgehead atoms. The minimum absolute atomic E-state index is 0. The first-order valence-corrected chi connectivity index (χ1v) is 5.49. The number of nitrogens with two attached hydrogens (primary N) is 1. The normalized spacial score (nSPS) is 18.0. The number of ketones is 1. The molecule has 0 spiro atoms. The van der Waals surface area contributed by atoms with Crippen LogP contribution in [0.4, 0.5) is 0 Å². The maximum absolute atomic E-state index is 12.0. The minimum atomic E-state index is -0.347. The molecule has 3 rings (SSSR count). The number of halogens is 1. The van der Waals surface area contributed by atoms with Crippen molar-refractivity contribution in [1.82, 2.24) is 0 Å². The van der Waals surface area contributed by atoms with E-state index >= 15 is 0 Å². The van der Waals surface area contributed by atoms with Gasteiger partial charge in [-0.1, -0.05) is 30.3 Å². The number of aryl methyl sites for hydroxylation is 1. The maximum Gasteiger partial charge on any atom is 0.180 e. The highest BCUT2D eigenvalue weighted by Gasteiger charge is 2.29. The molecule has 17 heavy (non-hydrogen) atoms. The third-order valence-corrected chi connectivity index (χ3v) is 3.36. The summed E-state index contributed by atoms with van der Waals surface area (Å²) < 4.78 is 0. The first-order chi connectivity index (χ1) is 7.68. The minimum Gasteiger partial charge on any atom is -0.321 e.